The maximum Gasteiger partial charge on any atom is 0.163 e. The number of aryl methyl sites for hydroxylation is 1. The van der Waals surface area contributed by atoms with Crippen molar-refractivity contribution in [3.8, 4) is 11.5 Å². The van der Waals surface area contributed by atoms with Crippen LogP contribution in [0.4, 0.5) is 0 Å². The van der Waals surface area contributed by atoms with Gasteiger partial charge in [0.2, 0.25) is 0 Å². The van der Waals surface area contributed by atoms with Crippen molar-refractivity contribution in [1.29, 1.82) is 0 Å². The molecule has 0 atom stereocenters. The van der Waals surface area contributed by atoms with Crippen molar-refractivity contribution in [3.63, 3.8) is 0 Å². The van der Waals surface area contributed by atoms with E-state index in [1.165, 1.54) is 5.56 Å². The lowest BCUT2D eigenvalue weighted by atomic mass is 10.1. The van der Waals surface area contributed by atoms with Gasteiger partial charge in [-0.2, -0.15) is 0 Å². The van der Waals surface area contributed by atoms with E-state index >= 15 is 0 Å². The molecule has 5 nitrogen and oxygen atoms in total. The summed E-state index contributed by atoms with van der Waals surface area (Å²) in [6, 6.07) is 14.1. The average molecular weight is 326 g/mol. The molecule has 0 radical (unpaired) electrons. The number of hydrogen-bond donors (Lipinski definition) is 1. The first-order chi connectivity index (χ1) is 11.8. The Hall–Kier alpha value is -2.53. The van der Waals surface area contributed by atoms with Crippen LogP contribution in [0.15, 0.2) is 42.5 Å². The van der Waals surface area contributed by atoms with Crippen molar-refractivity contribution in [2.24, 2.45) is 0 Å². The van der Waals surface area contributed by atoms with E-state index in [0.717, 1.165) is 23.3 Å². The highest BCUT2D eigenvalue weighted by molar-refractivity contribution is 5.80. The molecule has 0 bridgehead atoms. The minimum atomic E-state index is 0.151. The molecule has 3 aromatic rings. The summed E-state index contributed by atoms with van der Waals surface area (Å²) in [6.45, 7) is 0.863. The lowest BCUT2D eigenvalue weighted by molar-refractivity contribution is 0.280. The Bertz CT molecular complexity index is 812. The lowest BCUT2D eigenvalue weighted by Gasteiger charge is -2.10. The fourth-order valence-electron chi connectivity index (χ4n) is 2.89. The zero-order valence-electron chi connectivity index (χ0n) is 14.0. The Morgan fingerprint density at radius 2 is 1.75 bits per heavy atom. The van der Waals surface area contributed by atoms with Crippen LogP contribution >= 0.6 is 0 Å². The van der Waals surface area contributed by atoms with Crippen LogP contribution < -0.4 is 9.47 Å². The molecule has 1 aromatic heterocycles. The molecule has 0 amide bonds. The van der Waals surface area contributed by atoms with Crippen LogP contribution in [0.2, 0.25) is 0 Å². The van der Waals surface area contributed by atoms with Gasteiger partial charge in [-0.05, 0) is 12.0 Å². The summed E-state index contributed by atoms with van der Waals surface area (Å²) in [5, 5.41) is 9.22. The van der Waals surface area contributed by atoms with Crippen molar-refractivity contribution in [2.75, 3.05) is 20.8 Å². The van der Waals surface area contributed by atoms with Crippen LogP contribution in [0.3, 0.4) is 0 Å². The molecule has 5 heteroatoms. The molecule has 126 valence electrons. The third-order valence-corrected chi connectivity index (χ3v) is 4.08. The SMILES string of the molecule is COc1cc2nc(Cc3ccccc3)n(CCCO)c2cc1OC. The van der Waals surface area contributed by atoms with E-state index in [1.54, 1.807) is 14.2 Å². The summed E-state index contributed by atoms with van der Waals surface area (Å²) in [5.41, 5.74) is 3.07. The van der Waals surface area contributed by atoms with Crippen LogP contribution in [0.25, 0.3) is 11.0 Å². The number of aromatic nitrogens is 2. The summed E-state index contributed by atoms with van der Waals surface area (Å²) >= 11 is 0. The van der Waals surface area contributed by atoms with E-state index in [-0.39, 0.29) is 6.61 Å². The molecule has 1 N–H and O–H groups in total. The van der Waals surface area contributed by atoms with E-state index in [0.29, 0.717) is 24.5 Å². The van der Waals surface area contributed by atoms with E-state index in [2.05, 4.69) is 16.7 Å². The number of benzene rings is 2. The highest BCUT2D eigenvalue weighted by Crippen LogP contribution is 2.33. The van der Waals surface area contributed by atoms with Gasteiger partial charge in [-0.15, -0.1) is 0 Å². The second-order valence-corrected chi connectivity index (χ2v) is 5.62. The molecule has 24 heavy (non-hydrogen) atoms. The average Bonchev–Trinajstić information content (AvgIpc) is 2.95. The number of imidazole rings is 1. The third-order valence-electron chi connectivity index (χ3n) is 4.08. The second kappa shape index (κ2) is 7.36. The summed E-state index contributed by atoms with van der Waals surface area (Å²) in [5.74, 6) is 2.32. The highest BCUT2D eigenvalue weighted by Gasteiger charge is 2.15. The molecule has 0 unspecified atom stereocenters. The van der Waals surface area contributed by atoms with Crippen LogP contribution in [0.5, 0.6) is 11.5 Å². The lowest BCUT2D eigenvalue weighted by Crippen LogP contribution is -2.06. The number of aliphatic hydroxyl groups is 1. The minimum Gasteiger partial charge on any atom is -0.493 e. The van der Waals surface area contributed by atoms with Crippen molar-refractivity contribution in [2.45, 2.75) is 19.4 Å². The number of fused-ring (bicyclic) bond motifs is 1. The van der Waals surface area contributed by atoms with E-state index < -0.39 is 0 Å². The van der Waals surface area contributed by atoms with Gasteiger partial charge >= 0.3 is 0 Å². The van der Waals surface area contributed by atoms with Gasteiger partial charge in [-0.25, -0.2) is 4.98 Å². The first-order valence-corrected chi connectivity index (χ1v) is 8.02. The number of ether oxygens (including phenoxy) is 2. The zero-order valence-corrected chi connectivity index (χ0v) is 14.0. The Morgan fingerprint density at radius 3 is 2.42 bits per heavy atom. The van der Waals surface area contributed by atoms with Gasteiger partial charge in [0.05, 0.1) is 25.3 Å². The topological polar surface area (TPSA) is 56.5 Å². The Balaban J connectivity index is 2.09. The Morgan fingerprint density at radius 1 is 1.04 bits per heavy atom. The standard InChI is InChI=1S/C19H22N2O3/c1-23-17-12-15-16(13-18(17)24-2)21(9-6-10-22)19(20-15)11-14-7-4-3-5-8-14/h3-5,7-8,12-13,22H,6,9-11H2,1-2H3. The summed E-state index contributed by atoms with van der Waals surface area (Å²) < 4.78 is 12.9. The Labute approximate surface area is 141 Å². The summed E-state index contributed by atoms with van der Waals surface area (Å²) in [4.78, 5) is 4.79. The van der Waals surface area contributed by atoms with Crippen LogP contribution in [0, 0.1) is 0 Å². The number of hydrogen-bond acceptors (Lipinski definition) is 4. The van der Waals surface area contributed by atoms with Gasteiger partial charge in [0.15, 0.2) is 11.5 Å². The van der Waals surface area contributed by atoms with Gasteiger partial charge in [-0.1, -0.05) is 30.3 Å². The summed E-state index contributed by atoms with van der Waals surface area (Å²) in [7, 11) is 3.25. The third kappa shape index (κ3) is 3.21. The summed E-state index contributed by atoms with van der Waals surface area (Å²) in [6.07, 6.45) is 1.42. The van der Waals surface area contributed by atoms with Crippen LogP contribution in [0.1, 0.15) is 17.8 Å². The molecule has 0 spiro atoms. The molecular weight excluding hydrogens is 304 g/mol. The normalized spacial score (nSPS) is 11.0. The van der Waals surface area contributed by atoms with Crippen LogP contribution in [-0.4, -0.2) is 35.5 Å². The fraction of sp³-hybridized carbons (Fsp3) is 0.316. The number of nitrogens with zero attached hydrogens (tertiary/aromatic N) is 2. The molecule has 0 aliphatic carbocycles. The van der Waals surface area contributed by atoms with Crippen molar-refractivity contribution >= 4 is 11.0 Å². The predicted molar refractivity (Wildman–Crippen MR) is 93.8 cm³/mol. The molecule has 0 saturated heterocycles. The zero-order chi connectivity index (χ0) is 16.9. The monoisotopic (exact) mass is 326 g/mol. The molecule has 0 aliphatic heterocycles. The molecule has 3 rings (SSSR count). The van der Waals surface area contributed by atoms with E-state index in [9.17, 15) is 5.11 Å². The van der Waals surface area contributed by atoms with Crippen molar-refractivity contribution < 1.29 is 14.6 Å². The number of aliphatic hydroxyl groups excluding tert-OH is 1. The molecular formula is C19H22N2O3. The second-order valence-electron chi connectivity index (χ2n) is 5.62. The smallest absolute Gasteiger partial charge is 0.163 e. The number of rotatable bonds is 7. The van der Waals surface area contributed by atoms with Gasteiger partial charge in [0.25, 0.3) is 0 Å². The van der Waals surface area contributed by atoms with Gasteiger partial charge in [-0.3, -0.25) is 0 Å². The highest BCUT2D eigenvalue weighted by atomic mass is 16.5. The first kappa shape index (κ1) is 16.3. The van der Waals surface area contributed by atoms with Gasteiger partial charge < -0.3 is 19.1 Å². The predicted octanol–water partition coefficient (Wildman–Crippen LogP) is 3.03. The molecule has 0 aliphatic rings. The molecule has 1 heterocycles. The van der Waals surface area contributed by atoms with E-state index in [4.69, 9.17) is 14.5 Å². The minimum absolute atomic E-state index is 0.151. The Kier molecular flexibility index (Phi) is 5.01. The van der Waals surface area contributed by atoms with Gasteiger partial charge in [0, 0.05) is 31.7 Å². The largest absolute Gasteiger partial charge is 0.493 e. The van der Waals surface area contributed by atoms with Crippen molar-refractivity contribution in [3.05, 3.63) is 53.9 Å². The van der Waals surface area contributed by atoms with Gasteiger partial charge in [0.1, 0.15) is 5.82 Å². The van der Waals surface area contributed by atoms with Crippen LogP contribution in [-0.2, 0) is 13.0 Å². The maximum absolute atomic E-state index is 9.22. The molecule has 2 aromatic carbocycles. The molecule has 0 saturated carbocycles. The fourth-order valence-corrected chi connectivity index (χ4v) is 2.89. The van der Waals surface area contributed by atoms with E-state index in [1.807, 2.05) is 30.3 Å². The first-order valence-electron chi connectivity index (χ1n) is 8.02. The molecule has 0 fully saturated rings. The number of methoxy groups -OCH3 is 2. The van der Waals surface area contributed by atoms with Crippen molar-refractivity contribution in [1.82, 2.24) is 9.55 Å². The quantitative estimate of drug-likeness (QED) is 0.725. The maximum atomic E-state index is 9.22.